The van der Waals surface area contributed by atoms with Crippen LogP contribution in [-0.4, -0.2) is 31.6 Å². The van der Waals surface area contributed by atoms with E-state index in [-0.39, 0.29) is 22.9 Å². The zero-order valence-electron chi connectivity index (χ0n) is 15.9. The lowest BCUT2D eigenvalue weighted by Crippen LogP contribution is -2.42. The predicted octanol–water partition coefficient (Wildman–Crippen LogP) is 2.88. The van der Waals surface area contributed by atoms with Crippen molar-refractivity contribution in [1.82, 2.24) is 30.6 Å². The van der Waals surface area contributed by atoms with Crippen LogP contribution in [0.2, 0.25) is 0 Å². The quantitative estimate of drug-likeness (QED) is 0.635. The summed E-state index contributed by atoms with van der Waals surface area (Å²) in [6.45, 7) is 3.59. The van der Waals surface area contributed by atoms with Crippen molar-refractivity contribution in [3.8, 4) is 5.82 Å². The minimum Gasteiger partial charge on any atom is -0.267 e. The Balaban J connectivity index is 1.82. The molecule has 3 heterocycles. The molecule has 30 heavy (non-hydrogen) atoms. The molecule has 2 N–H and O–H groups in total. The van der Waals surface area contributed by atoms with E-state index in [0.29, 0.717) is 11.9 Å². The Morgan fingerprint density at radius 1 is 1.03 bits per heavy atom. The van der Waals surface area contributed by atoms with E-state index in [1.807, 2.05) is 0 Å². The Hall–Kier alpha value is -3.76. The third-order valence-corrected chi connectivity index (χ3v) is 4.10. The number of alkyl halides is 3. The van der Waals surface area contributed by atoms with Crippen molar-refractivity contribution in [2.24, 2.45) is 0 Å². The second-order valence-electron chi connectivity index (χ2n) is 6.56. The third-order valence-electron chi connectivity index (χ3n) is 4.10. The highest BCUT2D eigenvalue weighted by molar-refractivity contribution is 5.99. The van der Waals surface area contributed by atoms with Gasteiger partial charge in [-0.3, -0.25) is 25.4 Å². The predicted molar refractivity (Wildman–Crippen MR) is 99.6 cm³/mol. The van der Waals surface area contributed by atoms with E-state index in [0.717, 1.165) is 6.07 Å². The highest BCUT2D eigenvalue weighted by Gasteiger charge is 2.31. The van der Waals surface area contributed by atoms with Crippen LogP contribution in [-0.2, 0) is 6.18 Å². The lowest BCUT2D eigenvalue weighted by Gasteiger charge is -2.13. The fourth-order valence-electron chi connectivity index (χ4n) is 2.70. The molecule has 0 atom stereocenters. The molecule has 0 spiro atoms. The fraction of sp³-hybridized carbons (Fsp3) is 0.211. The summed E-state index contributed by atoms with van der Waals surface area (Å²) in [4.78, 5) is 32.3. The van der Waals surface area contributed by atoms with Crippen molar-refractivity contribution >= 4 is 11.8 Å². The van der Waals surface area contributed by atoms with Gasteiger partial charge in [-0.1, -0.05) is 13.8 Å². The van der Waals surface area contributed by atoms with Crippen LogP contribution in [0.25, 0.3) is 5.82 Å². The van der Waals surface area contributed by atoms with Gasteiger partial charge in [-0.15, -0.1) is 0 Å². The number of pyridine rings is 2. The number of halogens is 3. The highest BCUT2D eigenvalue weighted by atomic mass is 19.4. The minimum absolute atomic E-state index is 0.130. The van der Waals surface area contributed by atoms with Gasteiger partial charge in [0.2, 0.25) is 0 Å². The molecular formula is C19H17F3N6O2. The Morgan fingerprint density at radius 2 is 1.77 bits per heavy atom. The molecule has 0 aliphatic carbocycles. The molecule has 0 radical (unpaired) electrons. The monoisotopic (exact) mass is 418 g/mol. The lowest BCUT2D eigenvalue weighted by molar-refractivity contribution is -0.137. The van der Waals surface area contributed by atoms with Gasteiger partial charge in [0.25, 0.3) is 11.8 Å². The van der Waals surface area contributed by atoms with Crippen LogP contribution in [0.4, 0.5) is 13.2 Å². The van der Waals surface area contributed by atoms with E-state index in [4.69, 9.17) is 0 Å². The average Bonchev–Trinajstić information content (AvgIpc) is 3.17. The molecule has 0 unspecified atom stereocenters. The van der Waals surface area contributed by atoms with E-state index in [1.54, 1.807) is 19.9 Å². The van der Waals surface area contributed by atoms with Crippen LogP contribution in [0.5, 0.6) is 0 Å². The molecule has 3 aromatic rings. The highest BCUT2D eigenvalue weighted by Crippen LogP contribution is 2.29. The van der Waals surface area contributed by atoms with Gasteiger partial charge < -0.3 is 0 Å². The molecule has 0 aliphatic heterocycles. The first-order valence-electron chi connectivity index (χ1n) is 8.80. The second-order valence-corrected chi connectivity index (χ2v) is 6.56. The van der Waals surface area contributed by atoms with Crippen molar-refractivity contribution in [2.75, 3.05) is 0 Å². The summed E-state index contributed by atoms with van der Waals surface area (Å²) in [5.41, 5.74) is 4.52. The Labute approximate surface area is 169 Å². The summed E-state index contributed by atoms with van der Waals surface area (Å²) in [6.07, 6.45) is 0.312. The van der Waals surface area contributed by atoms with Crippen LogP contribution in [0.3, 0.4) is 0 Å². The van der Waals surface area contributed by atoms with Crippen LogP contribution >= 0.6 is 0 Å². The van der Waals surface area contributed by atoms with Crippen molar-refractivity contribution in [3.63, 3.8) is 0 Å². The molecule has 0 saturated carbocycles. The van der Waals surface area contributed by atoms with Crippen molar-refractivity contribution < 1.29 is 22.8 Å². The van der Waals surface area contributed by atoms with Crippen LogP contribution in [0.15, 0.2) is 49.1 Å². The van der Waals surface area contributed by atoms with Gasteiger partial charge in [-0.2, -0.15) is 18.3 Å². The minimum atomic E-state index is -4.51. The molecule has 11 heteroatoms. The molecule has 0 fully saturated rings. The number of carbonyl (C=O) groups is 2. The number of hydrogen-bond donors (Lipinski definition) is 2. The number of carbonyl (C=O) groups excluding carboxylic acids is 2. The van der Waals surface area contributed by atoms with Crippen molar-refractivity contribution in [2.45, 2.75) is 25.9 Å². The summed E-state index contributed by atoms with van der Waals surface area (Å²) >= 11 is 0. The topological polar surface area (TPSA) is 102 Å². The maximum absolute atomic E-state index is 12.8. The number of rotatable bonds is 4. The normalized spacial score (nSPS) is 11.4. The number of nitrogens with zero attached hydrogens (tertiary/aromatic N) is 4. The van der Waals surface area contributed by atoms with Gasteiger partial charge in [0.1, 0.15) is 0 Å². The van der Waals surface area contributed by atoms with E-state index in [1.165, 1.54) is 35.4 Å². The lowest BCUT2D eigenvalue weighted by atomic mass is 10.1. The Kier molecular flexibility index (Phi) is 5.81. The van der Waals surface area contributed by atoms with E-state index < -0.39 is 23.6 Å². The van der Waals surface area contributed by atoms with E-state index in [9.17, 15) is 22.8 Å². The first-order chi connectivity index (χ1) is 14.2. The van der Waals surface area contributed by atoms with Gasteiger partial charge in [0, 0.05) is 18.6 Å². The maximum atomic E-state index is 12.8. The van der Waals surface area contributed by atoms with E-state index in [2.05, 4.69) is 25.9 Å². The zero-order valence-corrected chi connectivity index (χ0v) is 15.9. The number of nitrogens with one attached hydrogen (secondary N) is 2. The molecule has 0 bridgehead atoms. The Morgan fingerprint density at radius 3 is 2.33 bits per heavy atom. The number of aromatic nitrogens is 4. The third kappa shape index (κ3) is 4.45. The molecule has 8 nitrogen and oxygen atoms in total. The van der Waals surface area contributed by atoms with Crippen molar-refractivity contribution in [3.05, 3.63) is 71.4 Å². The summed E-state index contributed by atoms with van der Waals surface area (Å²) in [5.74, 6) is -1.27. The van der Waals surface area contributed by atoms with Gasteiger partial charge in [-0.05, 0) is 30.2 Å². The van der Waals surface area contributed by atoms with Crippen LogP contribution in [0, 0.1) is 0 Å². The summed E-state index contributed by atoms with van der Waals surface area (Å²) < 4.78 is 39.6. The van der Waals surface area contributed by atoms with Gasteiger partial charge in [-0.25, -0.2) is 9.67 Å². The van der Waals surface area contributed by atoms with Crippen molar-refractivity contribution in [1.29, 1.82) is 0 Å². The van der Waals surface area contributed by atoms with Gasteiger partial charge >= 0.3 is 6.18 Å². The zero-order chi connectivity index (χ0) is 21.9. The molecule has 3 rings (SSSR count). The molecule has 0 saturated heterocycles. The summed E-state index contributed by atoms with van der Waals surface area (Å²) in [7, 11) is 0. The molecule has 0 aliphatic rings. The SMILES string of the molecule is CC(C)c1c(C(=O)NNC(=O)c2cccnc2)cnn1-c1ccc(C(F)(F)F)cn1. The number of hydrazine groups is 1. The number of amides is 2. The summed E-state index contributed by atoms with van der Waals surface area (Å²) in [5, 5.41) is 4.10. The number of hydrogen-bond acceptors (Lipinski definition) is 5. The first kappa shape index (κ1) is 21.0. The van der Waals surface area contributed by atoms with E-state index >= 15 is 0 Å². The molecule has 156 valence electrons. The molecule has 0 aromatic carbocycles. The average molecular weight is 418 g/mol. The second kappa shape index (κ2) is 8.31. The molecule has 2 amide bonds. The largest absolute Gasteiger partial charge is 0.417 e. The smallest absolute Gasteiger partial charge is 0.267 e. The summed E-state index contributed by atoms with van der Waals surface area (Å²) in [6, 6.07) is 5.17. The first-order valence-corrected chi connectivity index (χ1v) is 8.80. The van der Waals surface area contributed by atoms with Gasteiger partial charge in [0.15, 0.2) is 5.82 Å². The Bertz CT molecular complexity index is 1050. The van der Waals surface area contributed by atoms with Crippen LogP contribution < -0.4 is 10.9 Å². The molecular weight excluding hydrogens is 401 g/mol. The fourth-order valence-corrected chi connectivity index (χ4v) is 2.70. The van der Waals surface area contributed by atoms with Crippen LogP contribution in [0.1, 0.15) is 51.7 Å². The maximum Gasteiger partial charge on any atom is 0.417 e. The van der Waals surface area contributed by atoms with Gasteiger partial charge in [0.05, 0.1) is 28.6 Å². The molecule has 3 aromatic heterocycles. The standard InChI is InChI=1S/C19H17F3N6O2/c1-11(2)16-14(18(30)27-26-17(29)12-4-3-7-23-8-12)10-25-28(16)15-6-5-13(9-24-15)19(20,21)22/h3-11H,1-2H3,(H,26,29)(H,27,30).